The average Bonchev–Trinajstić information content (AvgIpc) is 2.95. The fourth-order valence-electron chi connectivity index (χ4n) is 1.17. The van der Waals surface area contributed by atoms with E-state index in [1.54, 1.807) is 0 Å². The van der Waals surface area contributed by atoms with Crippen molar-refractivity contribution in [2.75, 3.05) is 18.4 Å². The summed E-state index contributed by atoms with van der Waals surface area (Å²) in [5.41, 5.74) is 0. The number of rotatable bonds is 5. The summed E-state index contributed by atoms with van der Waals surface area (Å²) in [4.78, 5) is 11.3. The normalized spacial score (nSPS) is 15.0. The number of hydrogen-bond donors (Lipinski definition) is 2. The van der Waals surface area contributed by atoms with Gasteiger partial charge in [0.05, 0.1) is 6.54 Å². The Labute approximate surface area is 92.3 Å². The van der Waals surface area contributed by atoms with Gasteiger partial charge in [-0.15, -0.1) is 10.2 Å². The highest BCUT2D eigenvalue weighted by molar-refractivity contribution is 7.15. The zero-order chi connectivity index (χ0) is 10.7. The van der Waals surface area contributed by atoms with E-state index >= 15 is 0 Å². The van der Waals surface area contributed by atoms with Crippen LogP contribution in [0.2, 0.25) is 0 Å². The number of carbonyl (C=O) groups is 1. The molecule has 0 saturated heterocycles. The molecule has 1 heterocycles. The first kappa shape index (κ1) is 10.4. The van der Waals surface area contributed by atoms with Crippen molar-refractivity contribution < 1.29 is 4.79 Å². The fraction of sp³-hybridized carbons (Fsp3) is 0.667. The third-order valence-corrected chi connectivity index (χ3v) is 3.01. The molecule has 1 aromatic heterocycles. The number of anilines is 1. The third-order valence-electron chi connectivity index (χ3n) is 2.21. The Balaban J connectivity index is 1.65. The third kappa shape index (κ3) is 3.47. The number of nitrogens with zero attached hydrogens (tertiary/aromatic N) is 2. The van der Waals surface area contributed by atoms with Crippen molar-refractivity contribution in [1.29, 1.82) is 0 Å². The molecule has 0 radical (unpaired) electrons. The maximum atomic E-state index is 11.3. The monoisotopic (exact) mass is 226 g/mol. The fourth-order valence-corrected chi connectivity index (χ4v) is 1.75. The predicted octanol–water partition coefficient (Wildman–Crippen LogP) is 0.785. The summed E-state index contributed by atoms with van der Waals surface area (Å²) in [7, 11) is 0. The van der Waals surface area contributed by atoms with Crippen LogP contribution in [0.3, 0.4) is 0 Å². The van der Waals surface area contributed by atoms with Crippen molar-refractivity contribution in [3.8, 4) is 0 Å². The first-order valence-corrected chi connectivity index (χ1v) is 5.86. The van der Waals surface area contributed by atoms with Gasteiger partial charge in [0, 0.05) is 6.54 Å². The van der Waals surface area contributed by atoms with Gasteiger partial charge in [0.25, 0.3) is 0 Å². The maximum absolute atomic E-state index is 11.3. The van der Waals surface area contributed by atoms with Gasteiger partial charge in [-0.2, -0.15) is 0 Å². The molecule has 1 amide bonds. The largest absolute Gasteiger partial charge is 0.354 e. The van der Waals surface area contributed by atoms with E-state index in [0.29, 0.717) is 5.13 Å². The SMILES string of the molecule is Cc1nnc(NCC(=O)NCC2CC2)s1. The average molecular weight is 226 g/mol. The lowest BCUT2D eigenvalue weighted by Crippen LogP contribution is -2.31. The Bertz CT molecular complexity index is 348. The van der Waals surface area contributed by atoms with Gasteiger partial charge < -0.3 is 10.6 Å². The van der Waals surface area contributed by atoms with Gasteiger partial charge in [-0.05, 0) is 25.7 Å². The topological polar surface area (TPSA) is 66.9 Å². The molecule has 82 valence electrons. The molecule has 1 aromatic rings. The Kier molecular flexibility index (Phi) is 3.15. The standard InChI is InChI=1S/C9H14N4OS/c1-6-12-13-9(15-6)11-5-8(14)10-4-7-2-3-7/h7H,2-5H2,1H3,(H,10,14)(H,11,13). The minimum absolute atomic E-state index is 0.0229. The number of amides is 1. The van der Waals surface area contributed by atoms with Gasteiger partial charge in [-0.25, -0.2) is 0 Å². The smallest absolute Gasteiger partial charge is 0.239 e. The summed E-state index contributed by atoms with van der Waals surface area (Å²) in [5.74, 6) is 0.743. The Morgan fingerprint density at radius 3 is 2.93 bits per heavy atom. The molecular weight excluding hydrogens is 212 g/mol. The van der Waals surface area contributed by atoms with E-state index in [1.807, 2.05) is 6.92 Å². The molecule has 6 heteroatoms. The summed E-state index contributed by atoms with van der Waals surface area (Å²) in [6.45, 7) is 2.98. The number of aryl methyl sites for hydroxylation is 1. The van der Waals surface area contributed by atoms with Crippen molar-refractivity contribution in [1.82, 2.24) is 15.5 Å². The molecule has 1 fully saturated rings. The van der Waals surface area contributed by atoms with E-state index in [2.05, 4.69) is 20.8 Å². The quantitative estimate of drug-likeness (QED) is 0.778. The van der Waals surface area contributed by atoms with Crippen LogP contribution < -0.4 is 10.6 Å². The molecule has 0 atom stereocenters. The second kappa shape index (κ2) is 4.57. The first-order valence-electron chi connectivity index (χ1n) is 5.04. The molecule has 0 bridgehead atoms. The van der Waals surface area contributed by atoms with Gasteiger partial charge in [-0.3, -0.25) is 4.79 Å². The van der Waals surface area contributed by atoms with E-state index in [4.69, 9.17) is 0 Å². The Morgan fingerprint density at radius 1 is 1.53 bits per heavy atom. The van der Waals surface area contributed by atoms with Crippen LogP contribution in [0.1, 0.15) is 17.8 Å². The van der Waals surface area contributed by atoms with Crippen LogP contribution in [0.4, 0.5) is 5.13 Å². The second-order valence-electron chi connectivity index (χ2n) is 3.73. The minimum Gasteiger partial charge on any atom is -0.354 e. The number of carbonyl (C=O) groups excluding carboxylic acids is 1. The highest BCUT2D eigenvalue weighted by Crippen LogP contribution is 2.27. The first-order chi connectivity index (χ1) is 7.24. The minimum atomic E-state index is 0.0229. The van der Waals surface area contributed by atoms with Crippen molar-refractivity contribution >= 4 is 22.4 Å². The molecule has 2 rings (SSSR count). The van der Waals surface area contributed by atoms with Gasteiger partial charge in [-0.1, -0.05) is 11.3 Å². The van der Waals surface area contributed by atoms with Crippen LogP contribution in [0.25, 0.3) is 0 Å². The highest BCUT2D eigenvalue weighted by Gasteiger charge is 2.21. The van der Waals surface area contributed by atoms with Crippen LogP contribution in [0.5, 0.6) is 0 Å². The molecule has 1 aliphatic carbocycles. The summed E-state index contributed by atoms with van der Waals surface area (Å²) < 4.78 is 0. The molecule has 5 nitrogen and oxygen atoms in total. The molecule has 15 heavy (non-hydrogen) atoms. The van der Waals surface area contributed by atoms with Crippen LogP contribution in [0, 0.1) is 12.8 Å². The Hall–Kier alpha value is -1.17. The molecular formula is C9H14N4OS. The van der Waals surface area contributed by atoms with E-state index in [-0.39, 0.29) is 12.5 Å². The zero-order valence-corrected chi connectivity index (χ0v) is 9.43. The van der Waals surface area contributed by atoms with Gasteiger partial charge in [0.1, 0.15) is 5.01 Å². The predicted molar refractivity (Wildman–Crippen MR) is 58.9 cm³/mol. The van der Waals surface area contributed by atoms with Crippen LogP contribution in [-0.2, 0) is 4.79 Å². The molecule has 0 aliphatic heterocycles. The number of hydrogen-bond acceptors (Lipinski definition) is 5. The summed E-state index contributed by atoms with van der Waals surface area (Å²) in [5, 5.41) is 15.1. The van der Waals surface area contributed by atoms with Gasteiger partial charge in [0.15, 0.2) is 0 Å². The molecule has 0 aromatic carbocycles. The van der Waals surface area contributed by atoms with Gasteiger partial charge in [0.2, 0.25) is 11.0 Å². The van der Waals surface area contributed by atoms with E-state index in [0.717, 1.165) is 17.5 Å². The molecule has 1 saturated carbocycles. The second-order valence-corrected chi connectivity index (χ2v) is 4.91. The van der Waals surface area contributed by atoms with Crippen molar-refractivity contribution in [3.05, 3.63) is 5.01 Å². The van der Waals surface area contributed by atoms with Crippen LogP contribution in [0.15, 0.2) is 0 Å². The van der Waals surface area contributed by atoms with Crippen molar-refractivity contribution in [2.45, 2.75) is 19.8 Å². The van der Waals surface area contributed by atoms with E-state index < -0.39 is 0 Å². The molecule has 0 spiro atoms. The van der Waals surface area contributed by atoms with Crippen LogP contribution >= 0.6 is 11.3 Å². The number of aromatic nitrogens is 2. The Morgan fingerprint density at radius 2 is 2.33 bits per heavy atom. The number of nitrogens with one attached hydrogen (secondary N) is 2. The lowest BCUT2D eigenvalue weighted by Gasteiger charge is -2.03. The van der Waals surface area contributed by atoms with E-state index in [9.17, 15) is 4.79 Å². The molecule has 0 unspecified atom stereocenters. The summed E-state index contributed by atoms with van der Waals surface area (Å²) >= 11 is 1.45. The summed E-state index contributed by atoms with van der Waals surface area (Å²) in [6, 6.07) is 0. The highest BCUT2D eigenvalue weighted by atomic mass is 32.1. The van der Waals surface area contributed by atoms with Crippen molar-refractivity contribution in [2.24, 2.45) is 5.92 Å². The summed E-state index contributed by atoms with van der Waals surface area (Å²) in [6.07, 6.45) is 2.51. The van der Waals surface area contributed by atoms with E-state index in [1.165, 1.54) is 24.2 Å². The maximum Gasteiger partial charge on any atom is 0.239 e. The lowest BCUT2D eigenvalue weighted by atomic mass is 10.4. The molecule has 1 aliphatic rings. The lowest BCUT2D eigenvalue weighted by molar-refractivity contribution is -0.119. The van der Waals surface area contributed by atoms with Crippen molar-refractivity contribution in [3.63, 3.8) is 0 Å². The van der Waals surface area contributed by atoms with Crippen LogP contribution in [-0.4, -0.2) is 29.2 Å². The molecule has 2 N–H and O–H groups in total. The zero-order valence-electron chi connectivity index (χ0n) is 8.62. The van der Waals surface area contributed by atoms with Gasteiger partial charge >= 0.3 is 0 Å².